The summed E-state index contributed by atoms with van der Waals surface area (Å²) in [4.78, 5) is 22.1. The fraction of sp³-hybridized carbons (Fsp3) is 0.188. The summed E-state index contributed by atoms with van der Waals surface area (Å²) in [5.41, 5.74) is 0.658. The number of rotatable bonds is 6. The third-order valence-corrected chi connectivity index (χ3v) is 5.47. The van der Waals surface area contributed by atoms with Gasteiger partial charge in [-0.05, 0) is 0 Å². The number of hydrogen-bond acceptors (Lipinski definition) is 4. The first-order chi connectivity index (χ1) is 11.5. The molecule has 0 bridgehead atoms. The molecule has 0 unspecified atom stereocenters. The van der Waals surface area contributed by atoms with E-state index in [0.29, 0.717) is 5.21 Å². The van der Waals surface area contributed by atoms with Gasteiger partial charge < -0.3 is 0 Å². The van der Waals surface area contributed by atoms with Gasteiger partial charge in [0, 0.05) is 0 Å². The number of nitro groups is 1. The van der Waals surface area contributed by atoms with Crippen LogP contribution in [0.2, 0.25) is 0 Å². The average Bonchev–Trinajstić information content (AvgIpc) is 2.54. The van der Waals surface area contributed by atoms with E-state index in [1.54, 1.807) is 19.1 Å². The van der Waals surface area contributed by atoms with Crippen LogP contribution in [0.3, 0.4) is 0 Å². The first-order valence-corrected chi connectivity index (χ1v) is 9.40. The maximum absolute atomic E-state index is 13.2. The summed E-state index contributed by atoms with van der Waals surface area (Å²) < 4.78 is 18.8. The zero-order valence-corrected chi connectivity index (χ0v) is 14.7. The topological polar surface area (TPSA) is 81.5 Å². The number of anilines is 1. The molecule has 8 heteroatoms. The van der Waals surface area contributed by atoms with Crippen LogP contribution in [0.15, 0.2) is 42.5 Å². The molecule has 1 amide bonds. The van der Waals surface area contributed by atoms with Gasteiger partial charge in [-0.2, -0.15) is 0 Å². The van der Waals surface area contributed by atoms with Crippen LogP contribution in [0.4, 0.5) is 20.6 Å². The van der Waals surface area contributed by atoms with Crippen LogP contribution in [-0.4, -0.2) is 33.4 Å². The van der Waals surface area contributed by atoms with Crippen molar-refractivity contribution in [2.45, 2.75) is 12.1 Å². The zero-order chi connectivity index (χ0) is 17.5. The second-order valence-electron chi connectivity index (χ2n) is 4.75. The number of hydrogen-bond donors (Lipinski definition) is 1. The minimum absolute atomic E-state index is 0.0872. The van der Waals surface area contributed by atoms with E-state index in [4.69, 9.17) is 4.74 Å². The number of carbonyl (C=O) groups is 1. The number of carbonyl (C=O) groups excluding carboxylic acids is 1. The number of halogens is 1. The van der Waals surface area contributed by atoms with E-state index < -0.39 is 11.0 Å². The van der Waals surface area contributed by atoms with Crippen LogP contribution in [0.1, 0.15) is 12.5 Å². The van der Waals surface area contributed by atoms with E-state index in [9.17, 15) is 19.3 Å². The fourth-order valence-electron chi connectivity index (χ4n) is 1.97. The van der Waals surface area contributed by atoms with E-state index in [-0.39, 0.29) is 39.6 Å². The van der Waals surface area contributed by atoms with E-state index >= 15 is 0 Å². The molecule has 0 heterocycles. The van der Waals surface area contributed by atoms with Crippen LogP contribution < -0.4 is 9.67 Å². The Hall–Kier alpha value is -2.40. The van der Waals surface area contributed by atoms with Crippen molar-refractivity contribution in [1.82, 2.24) is 0 Å². The molecule has 0 aliphatic heterocycles. The first-order valence-electron chi connectivity index (χ1n) is 7.13. The number of nitro benzene ring substituents is 1. The molecule has 0 saturated carbocycles. The number of amides is 1. The van der Waals surface area contributed by atoms with Crippen LogP contribution in [0.5, 0.6) is 0 Å². The van der Waals surface area contributed by atoms with Crippen molar-refractivity contribution in [3.05, 3.63) is 64.0 Å². The minimum atomic E-state index is -0.737. The summed E-state index contributed by atoms with van der Waals surface area (Å²) >= 11 is -0.352. The van der Waals surface area contributed by atoms with E-state index in [0.717, 1.165) is 9.91 Å². The maximum atomic E-state index is 13.2. The molecule has 0 aliphatic rings. The third-order valence-electron chi connectivity index (χ3n) is 3.02. The van der Waals surface area contributed by atoms with Gasteiger partial charge in [0.1, 0.15) is 0 Å². The average molecular weight is 393 g/mol. The molecule has 2 aromatic carbocycles. The van der Waals surface area contributed by atoms with Crippen molar-refractivity contribution in [3.8, 4) is 0 Å². The Bertz CT molecular complexity index is 755. The van der Waals surface area contributed by atoms with Crippen molar-refractivity contribution in [2.24, 2.45) is 0 Å². The van der Waals surface area contributed by atoms with Gasteiger partial charge in [0.25, 0.3) is 0 Å². The molecule has 0 aliphatic carbocycles. The van der Waals surface area contributed by atoms with E-state index in [2.05, 4.69) is 5.32 Å². The summed E-state index contributed by atoms with van der Waals surface area (Å²) in [6.07, 6.45) is -0.737. The van der Waals surface area contributed by atoms with E-state index in [1.807, 2.05) is 6.07 Å². The van der Waals surface area contributed by atoms with Crippen LogP contribution >= 0.6 is 0 Å². The van der Waals surface area contributed by atoms with Gasteiger partial charge in [0.2, 0.25) is 0 Å². The number of benzene rings is 2. The van der Waals surface area contributed by atoms with Crippen molar-refractivity contribution >= 4 is 37.6 Å². The standard InChI is InChI=1S/C16H15AsFN2O4/c1-2-24-16(21)19-14-7-6-11(8-15(14)20(22)23)10-17-12-4-3-5-13(18)9-12/h3-9H,2,10H2,1H3,(H,19,21). The summed E-state index contributed by atoms with van der Waals surface area (Å²) in [5.74, 6) is -0.289. The Morgan fingerprint density at radius 1 is 1.33 bits per heavy atom. The number of nitrogens with zero attached hydrogens (tertiary/aromatic N) is 1. The van der Waals surface area contributed by atoms with Crippen molar-refractivity contribution in [1.29, 1.82) is 0 Å². The molecule has 2 aromatic rings. The van der Waals surface area contributed by atoms with Gasteiger partial charge in [0.15, 0.2) is 0 Å². The molecule has 0 saturated heterocycles. The van der Waals surface area contributed by atoms with Crippen molar-refractivity contribution in [2.75, 3.05) is 11.9 Å². The monoisotopic (exact) mass is 393 g/mol. The second-order valence-corrected chi connectivity index (χ2v) is 7.16. The van der Waals surface area contributed by atoms with Crippen molar-refractivity contribution in [3.63, 3.8) is 0 Å². The molecule has 24 heavy (non-hydrogen) atoms. The summed E-state index contributed by atoms with van der Waals surface area (Å²) in [6.45, 7) is 1.82. The third kappa shape index (κ3) is 5.06. The Morgan fingerprint density at radius 2 is 2.12 bits per heavy atom. The molecule has 1 radical (unpaired) electrons. The number of nitrogens with one attached hydrogen (secondary N) is 1. The molecule has 2 rings (SSSR count). The van der Waals surface area contributed by atoms with E-state index in [1.165, 1.54) is 24.3 Å². The molecular weight excluding hydrogens is 378 g/mol. The molecule has 0 atom stereocenters. The van der Waals surface area contributed by atoms with Gasteiger partial charge in [-0.1, -0.05) is 0 Å². The Morgan fingerprint density at radius 3 is 2.79 bits per heavy atom. The van der Waals surface area contributed by atoms with Crippen LogP contribution in [0.25, 0.3) is 0 Å². The van der Waals surface area contributed by atoms with Gasteiger partial charge in [-0.25, -0.2) is 0 Å². The first kappa shape index (κ1) is 17.9. The SMILES string of the molecule is CCOC(=O)Nc1ccc(C[As]c2cccc(F)c2)cc1[N+](=O)[O-]. The Kier molecular flexibility index (Phi) is 6.32. The summed E-state index contributed by atoms with van der Waals surface area (Å²) in [6, 6.07) is 11.0. The molecular formula is C16H15AsFN2O4. The van der Waals surface area contributed by atoms with Crippen LogP contribution in [-0.2, 0) is 9.95 Å². The van der Waals surface area contributed by atoms with Gasteiger partial charge in [-0.15, -0.1) is 0 Å². The summed E-state index contributed by atoms with van der Waals surface area (Å²) in [7, 11) is 0. The normalized spacial score (nSPS) is 10.8. The molecule has 6 nitrogen and oxygen atoms in total. The molecule has 0 spiro atoms. The second kappa shape index (κ2) is 8.45. The van der Waals surface area contributed by atoms with Crippen LogP contribution in [0, 0.1) is 15.9 Å². The summed E-state index contributed by atoms with van der Waals surface area (Å²) in [5, 5.41) is 14.2. The molecule has 0 aromatic heterocycles. The predicted octanol–water partition coefficient (Wildman–Crippen LogP) is 2.83. The Labute approximate surface area is 144 Å². The van der Waals surface area contributed by atoms with Gasteiger partial charge in [-0.3, -0.25) is 0 Å². The van der Waals surface area contributed by atoms with Gasteiger partial charge >= 0.3 is 144 Å². The molecule has 1 N–H and O–H groups in total. The van der Waals surface area contributed by atoms with Crippen molar-refractivity contribution < 1.29 is 18.8 Å². The quantitative estimate of drug-likeness (QED) is 0.465. The molecule has 0 fully saturated rings. The molecule has 125 valence electrons. The van der Waals surface area contributed by atoms with Gasteiger partial charge in [0.05, 0.1) is 0 Å². The predicted molar refractivity (Wildman–Crippen MR) is 89.2 cm³/mol. The number of ether oxygens (including phenoxy) is 1. The zero-order valence-electron chi connectivity index (χ0n) is 12.9. The Balaban J connectivity index is 2.13. The fourth-order valence-corrected chi connectivity index (χ4v) is 4.00.